The fourth-order valence-corrected chi connectivity index (χ4v) is 8.45. The fraction of sp³-hybridized carbons (Fsp3) is 0.375. The van der Waals surface area contributed by atoms with Gasteiger partial charge < -0.3 is 0 Å². The SMILES string of the molecule is Cc1c(C)c(C)c(/C=C/c2c3c(C)c(C)c(C)c(C)c3c(/C=C/c3c(C)c(C)c(C)c(C)c3C)c3c(C)c(C)c(C)c(C)c23)c(C)c1C. The third-order valence-corrected chi connectivity index (χ3v) is 13.4. The molecule has 0 spiro atoms. The van der Waals surface area contributed by atoms with Gasteiger partial charge in [-0.2, -0.15) is 0 Å². The lowest BCUT2D eigenvalue weighted by atomic mass is 9.79. The summed E-state index contributed by atoms with van der Waals surface area (Å²) in [5.41, 5.74) is 30.5. The van der Waals surface area contributed by atoms with Crippen LogP contribution in [0.4, 0.5) is 0 Å². The molecule has 0 radical (unpaired) electrons. The van der Waals surface area contributed by atoms with E-state index in [0.29, 0.717) is 0 Å². The first kappa shape index (κ1) is 35.4. The zero-order valence-corrected chi connectivity index (χ0v) is 33.3. The number of aryl methyl sites for hydroxylation is 4. The standard InChI is InChI=1S/C48H58/c1-23-25(3)33(11)41(34(12)26(23)4)19-21-43-45-37(15)29(7)31(9)39(17)47(45)44(48-40(18)32(10)30(8)38(16)46(43)48)22-20-42-35(13)27(5)24(2)28(6)36(42)14/h19-22H,1-18H3/b21-19+,22-20+. The average Bonchev–Trinajstić information content (AvgIpc) is 3.07. The highest BCUT2D eigenvalue weighted by Gasteiger charge is 2.23. The zero-order valence-electron chi connectivity index (χ0n) is 33.3. The minimum Gasteiger partial charge on any atom is -0.0538 e. The Balaban J connectivity index is 2.04. The quantitative estimate of drug-likeness (QED) is 0.136. The van der Waals surface area contributed by atoms with E-state index >= 15 is 0 Å². The van der Waals surface area contributed by atoms with Crippen molar-refractivity contribution in [3.63, 3.8) is 0 Å². The van der Waals surface area contributed by atoms with Crippen LogP contribution in [-0.2, 0) is 0 Å². The molecule has 250 valence electrons. The lowest BCUT2D eigenvalue weighted by Gasteiger charge is -2.25. The molecule has 5 aromatic carbocycles. The second kappa shape index (κ2) is 12.5. The predicted octanol–water partition coefficient (Wildman–Crippen LogP) is 13.9. The lowest BCUT2D eigenvalue weighted by Crippen LogP contribution is -2.04. The summed E-state index contributed by atoms with van der Waals surface area (Å²) >= 11 is 0. The Morgan fingerprint density at radius 2 is 0.312 bits per heavy atom. The molecule has 0 aromatic heterocycles. The van der Waals surface area contributed by atoms with Crippen molar-refractivity contribution in [1.82, 2.24) is 0 Å². The molecular formula is C48H58. The van der Waals surface area contributed by atoms with Crippen LogP contribution in [0.1, 0.15) is 122 Å². The molecule has 0 aliphatic rings. The van der Waals surface area contributed by atoms with Crippen LogP contribution in [0.3, 0.4) is 0 Å². The average molecular weight is 635 g/mol. The maximum absolute atomic E-state index is 2.46. The van der Waals surface area contributed by atoms with Gasteiger partial charge in [-0.25, -0.2) is 0 Å². The maximum atomic E-state index is 2.46. The molecule has 5 rings (SSSR count). The third kappa shape index (κ3) is 5.10. The highest BCUT2D eigenvalue weighted by molar-refractivity contribution is 6.18. The molecule has 48 heavy (non-hydrogen) atoms. The fourth-order valence-electron chi connectivity index (χ4n) is 8.45. The van der Waals surface area contributed by atoms with Gasteiger partial charge in [0.1, 0.15) is 0 Å². The molecule has 0 bridgehead atoms. The van der Waals surface area contributed by atoms with Crippen LogP contribution in [0.2, 0.25) is 0 Å². The highest BCUT2D eigenvalue weighted by Crippen LogP contribution is 2.45. The monoisotopic (exact) mass is 634 g/mol. The van der Waals surface area contributed by atoms with Gasteiger partial charge in [-0.15, -0.1) is 0 Å². The first-order valence-corrected chi connectivity index (χ1v) is 17.8. The summed E-state index contributed by atoms with van der Waals surface area (Å²) in [5, 5.41) is 5.58. The number of rotatable bonds is 4. The molecule has 0 heterocycles. The van der Waals surface area contributed by atoms with Crippen LogP contribution in [0.5, 0.6) is 0 Å². The second-order valence-electron chi connectivity index (χ2n) is 15.1. The van der Waals surface area contributed by atoms with Gasteiger partial charge in [0, 0.05) is 0 Å². The van der Waals surface area contributed by atoms with Crippen molar-refractivity contribution >= 4 is 45.8 Å². The van der Waals surface area contributed by atoms with Crippen LogP contribution < -0.4 is 0 Å². The van der Waals surface area contributed by atoms with Crippen molar-refractivity contribution in [2.24, 2.45) is 0 Å². The Bertz CT molecular complexity index is 1970. The molecule has 0 fully saturated rings. The maximum Gasteiger partial charge on any atom is -0.00640 e. The molecule has 0 nitrogen and oxygen atoms in total. The van der Waals surface area contributed by atoms with Gasteiger partial charge in [-0.3, -0.25) is 0 Å². The lowest BCUT2D eigenvalue weighted by molar-refractivity contribution is 1.16. The number of hydrogen-bond donors (Lipinski definition) is 0. The molecule has 0 aliphatic carbocycles. The Morgan fingerprint density at radius 1 is 0.167 bits per heavy atom. The molecule has 0 unspecified atom stereocenters. The molecule has 0 saturated carbocycles. The Labute approximate surface area is 292 Å². The summed E-state index contributed by atoms with van der Waals surface area (Å²) in [4.78, 5) is 0. The molecule has 0 saturated heterocycles. The first-order chi connectivity index (χ1) is 22.4. The van der Waals surface area contributed by atoms with Crippen LogP contribution in [0, 0.1) is 125 Å². The summed E-state index contributed by atoms with van der Waals surface area (Å²) in [6.45, 7) is 41.5. The smallest absolute Gasteiger partial charge is 0.00640 e. The van der Waals surface area contributed by atoms with Crippen molar-refractivity contribution in [3.05, 3.63) is 122 Å². The molecule has 0 N–H and O–H groups in total. The van der Waals surface area contributed by atoms with E-state index in [1.807, 2.05) is 0 Å². The second-order valence-corrected chi connectivity index (χ2v) is 15.1. The van der Waals surface area contributed by atoms with E-state index in [2.05, 4.69) is 149 Å². The van der Waals surface area contributed by atoms with Crippen LogP contribution >= 0.6 is 0 Å². The van der Waals surface area contributed by atoms with Gasteiger partial charge >= 0.3 is 0 Å². The molecule has 0 aliphatic heterocycles. The van der Waals surface area contributed by atoms with Crippen molar-refractivity contribution < 1.29 is 0 Å². The summed E-state index contributed by atoms with van der Waals surface area (Å²) in [6, 6.07) is 0. The van der Waals surface area contributed by atoms with E-state index in [1.54, 1.807) is 0 Å². The largest absolute Gasteiger partial charge is 0.0538 e. The molecule has 0 heteroatoms. The summed E-state index contributed by atoms with van der Waals surface area (Å²) < 4.78 is 0. The van der Waals surface area contributed by atoms with E-state index in [-0.39, 0.29) is 0 Å². The normalized spacial score (nSPS) is 12.2. The van der Waals surface area contributed by atoms with E-state index in [1.165, 1.54) is 144 Å². The van der Waals surface area contributed by atoms with Crippen LogP contribution in [-0.4, -0.2) is 0 Å². The Morgan fingerprint density at radius 3 is 0.521 bits per heavy atom. The van der Waals surface area contributed by atoms with Crippen LogP contribution in [0.25, 0.3) is 45.8 Å². The van der Waals surface area contributed by atoms with Crippen molar-refractivity contribution in [2.75, 3.05) is 0 Å². The number of fused-ring (bicyclic) bond motifs is 2. The highest BCUT2D eigenvalue weighted by atomic mass is 14.3. The predicted molar refractivity (Wildman–Crippen MR) is 217 cm³/mol. The molecule has 0 atom stereocenters. The van der Waals surface area contributed by atoms with E-state index in [9.17, 15) is 0 Å². The van der Waals surface area contributed by atoms with Gasteiger partial charge in [0.05, 0.1) is 0 Å². The zero-order chi connectivity index (χ0) is 35.8. The van der Waals surface area contributed by atoms with Gasteiger partial charge in [0.25, 0.3) is 0 Å². The van der Waals surface area contributed by atoms with Crippen molar-refractivity contribution in [2.45, 2.75) is 125 Å². The van der Waals surface area contributed by atoms with Gasteiger partial charge in [0.15, 0.2) is 0 Å². The van der Waals surface area contributed by atoms with Gasteiger partial charge in [-0.1, -0.05) is 24.3 Å². The molecule has 5 aromatic rings. The summed E-state index contributed by atoms with van der Waals surface area (Å²) in [6.07, 6.45) is 9.77. The number of hydrogen-bond acceptors (Lipinski definition) is 0. The van der Waals surface area contributed by atoms with E-state index in [4.69, 9.17) is 0 Å². The minimum atomic E-state index is 1.35. The Kier molecular flexibility index (Phi) is 9.24. The minimum absolute atomic E-state index is 1.35. The Hall–Kier alpha value is -3.90. The molecule has 0 amide bonds. The van der Waals surface area contributed by atoms with Gasteiger partial charge in [0.2, 0.25) is 0 Å². The van der Waals surface area contributed by atoms with Crippen molar-refractivity contribution in [3.8, 4) is 0 Å². The summed E-state index contributed by atoms with van der Waals surface area (Å²) in [5.74, 6) is 0. The third-order valence-electron chi connectivity index (χ3n) is 13.4. The summed E-state index contributed by atoms with van der Waals surface area (Å²) in [7, 11) is 0. The van der Waals surface area contributed by atoms with E-state index < -0.39 is 0 Å². The van der Waals surface area contributed by atoms with E-state index in [0.717, 1.165) is 0 Å². The van der Waals surface area contributed by atoms with Gasteiger partial charge in [-0.05, 0) is 269 Å². The first-order valence-electron chi connectivity index (χ1n) is 17.8. The topological polar surface area (TPSA) is 0 Å². The van der Waals surface area contributed by atoms with Crippen LogP contribution in [0.15, 0.2) is 0 Å². The molecular weight excluding hydrogens is 577 g/mol. The van der Waals surface area contributed by atoms with Crippen molar-refractivity contribution in [1.29, 1.82) is 0 Å². The number of benzene rings is 5.